The molecule has 1 aliphatic heterocycles. The summed E-state index contributed by atoms with van der Waals surface area (Å²) >= 11 is 1.49. The van der Waals surface area contributed by atoms with Crippen LogP contribution in [0.25, 0.3) is 0 Å². The second kappa shape index (κ2) is 7.01. The number of nitro benzene ring substituents is 1. The molecule has 2 aromatic heterocycles. The van der Waals surface area contributed by atoms with Gasteiger partial charge in [0, 0.05) is 18.3 Å². The minimum Gasteiger partial charge on any atom is -0.468 e. The highest BCUT2D eigenvalue weighted by atomic mass is 32.2. The first-order valence-electron chi connectivity index (χ1n) is 7.80. The van der Waals surface area contributed by atoms with Crippen LogP contribution in [0.5, 0.6) is 0 Å². The quantitative estimate of drug-likeness (QED) is 0.375. The fourth-order valence-electron chi connectivity index (χ4n) is 2.61. The number of non-ortho nitro benzene ring substituents is 1. The second-order valence-corrected chi connectivity index (χ2v) is 6.64. The predicted molar refractivity (Wildman–Crippen MR) is 98.6 cm³/mol. The Balaban J connectivity index is 1.56. The first-order valence-corrected chi connectivity index (χ1v) is 8.68. The van der Waals surface area contributed by atoms with Gasteiger partial charge in [0.05, 0.1) is 17.4 Å². The standard InChI is InChI=1S/C18H13N3O4S/c22-21(23)13-7-5-12(6-8-13)11-19-18-20-16(14-3-1-9-24-14)17(26-18)15-4-2-10-25-15/h1-11,16-17H/t16-,17+/m0/s1. The highest BCUT2D eigenvalue weighted by molar-refractivity contribution is 8.14. The molecule has 0 aliphatic carbocycles. The molecule has 3 aromatic rings. The van der Waals surface area contributed by atoms with Crippen molar-refractivity contribution in [2.24, 2.45) is 9.98 Å². The topological polar surface area (TPSA) is 94.1 Å². The van der Waals surface area contributed by atoms with Gasteiger partial charge in [0.1, 0.15) is 22.8 Å². The molecule has 0 amide bonds. The summed E-state index contributed by atoms with van der Waals surface area (Å²) in [5.41, 5.74) is 0.806. The molecule has 0 bridgehead atoms. The monoisotopic (exact) mass is 367 g/mol. The van der Waals surface area contributed by atoms with Gasteiger partial charge in [-0.1, -0.05) is 11.8 Å². The van der Waals surface area contributed by atoms with E-state index in [4.69, 9.17) is 8.83 Å². The lowest BCUT2D eigenvalue weighted by Crippen LogP contribution is -1.99. The van der Waals surface area contributed by atoms with E-state index in [0.29, 0.717) is 5.17 Å². The summed E-state index contributed by atoms with van der Waals surface area (Å²) in [6.07, 6.45) is 4.89. The van der Waals surface area contributed by atoms with Gasteiger partial charge in [-0.3, -0.25) is 10.1 Å². The predicted octanol–water partition coefficient (Wildman–Crippen LogP) is 4.79. The van der Waals surface area contributed by atoms with Crippen molar-refractivity contribution in [3.8, 4) is 0 Å². The molecule has 4 rings (SSSR count). The number of thioether (sulfide) groups is 1. The number of hydrogen-bond donors (Lipinski definition) is 0. The maximum atomic E-state index is 10.7. The molecule has 0 saturated carbocycles. The van der Waals surface area contributed by atoms with Crippen molar-refractivity contribution in [1.29, 1.82) is 0 Å². The van der Waals surface area contributed by atoms with E-state index in [0.717, 1.165) is 17.1 Å². The zero-order valence-corrected chi connectivity index (χ0v) is 14.2. The molecular formula is C18H13N3O4S. The van der Waals surface area contributed by atoms with E-state index in [1.165, 1.54) is 23.9 Å². The number of amidine groups is 1. The minimum absolute atomic E-state index is 0.0468. The van der Waals surface area contributed by atoms with Gasteiger partial charge in [0.25, 0.3) is 5.69 Å². The van der Waals surface area contributed by atoms with E-state index in [2.05, 4.69) is 9.98 Å². The molecule has 0 N–H and O–H groups in total. The van der Waals surface area contributed by atoms with Crippen molar-refractivity contribution in [3.05, 3.63) is 88.3 Å². The van der Waals surface area contributed by atoms with Crippen LogP contribution in [0, 0.1) is 10.1 Å². The van der Waals surface area contributed by atoms with Crippen LogP contribution in [0.4, 0.5) is 5.69 Å². The molecule has 7 nitrogen and oxygen atoms in total. The number of nitro groups is 1. The molecule has 130 valence electrons. The molecule has 3 heterocycles. The van der Waals surface area contributed by atoms with Gasteiger partial charge in [-0.05, 0) is 42.0 Å². The minimum atomic E-state index is -0.431. The lowest BCUT2D eigenvalue weighted by atomic mass is 10.1. The fourth-order valence-corrected chi connectivity index (χ4v) is 3.70. The Hall–Kier alpha value is -3.13. The largest absolute Gasteiger partial charge is 0.468 e. The van der Waals surface area contributed by atoms with Crippen LogP contribution in [0.15, 0.2) is 79.9 Å². The number of aliphatic imine (C=N–C) groups is 2. The molecule has 1 aromatic carbocycles. The van der Waals surface area contributed by atoms with Crippen LogP contribution in [-0.4, -0.2) is 16.3 Å². The molecule has 8 heteroatoms. The van der Waals surface area contributed by atoms with Crippen LogP contribution < -0.4 is 0 Å². The zero-order chi connectivity index (χ0) is 17.9. The third-order valence-corrected chi connectivity index (χ3v) is 5.02. The summed E-state index contributed by atoms with van der Waals surface area (Å²) in [4.78, 5) is 19.3. The molecule has 0 unspecified atom stereocenters. The highest BCUT2D eigenvalue weighted by Crippen LogP contribution is 2.48. The van der Waals surface area contributed by atoms with Gasteiger partial charge < -0.3 is 8.83 Å². The van der Waals surface area contributed by atoms with Crippen LogP contribution in [0.2, 0.25) is 0 Å². The van der Waals surface area contributed by atoms with Crippen molar-refractivity contribution >= 4 is 28.8 Å². The van der Waals surface area contributed by atoms with E-state index in [9.17, 15) is 10.1 Å². The summed E-state index contributed by atoms with van der Waals surface area (Å²) in [6, 6.07) is 13.4. The summed E-state index contributed by atoms with van der Waals surface area (Å²) in [7, 11) is 0. The Morgan fingerprint density at radius 3 is 2.38 bits per heavy atom. The Kier molecular flexibility index (Phi) is 4.40. The molecular weight excluding hydrogens is 354 g/mol. The molecule has 0 saturated heterocycles. The van der Waals surface area contributed by atoms with Gasteiger partial charge in [-0.2, -0.15) is 0 Å². The van der Waals surface area contributed by atoms with Crippen molar-refractivity contribution in [2.75, 3.05) is 0 Å². The zero-order valence-electron chi connectivity index (χ0n) is 13.4. The Labute approximate surface area is 152 Å². The summed E-state index contributed by atoms with van der Waals surface area (Å²) in [5.74, 6) is 1.56. The van der Waals surface area contributed by atoms with Crippen molar-refractivity contribution < 1.29 is 13.8 Å². The molecule has 0 spiro atoms. The lowest BCUT2D eigenvalue weighted by Gasteiger charge is -2.11. The summed E-state index contributed by atoms with van der Waals surface area (Å²) in [6.45, 7) is 0. The molecule has 0 fully saturated rings. The van der Waals surface area contributed by atoms with Gasteiger partial charge in [-0.15, -0.1) is 0 Å². The van der Waals surface area contributed by atoms with Gasteiger partial charge >= 0.3 is 0 Å². The molecule has 0 radical (unpaired) electrons. The number of furan rings is 2. The number of benzene rings is 1. The highest BCUT2D eigenvalue weighted by Gasteiger charge is 2.36. The average molecular weight is 367 g/mol. The lowest BCUT2D eigenvalue weighted by molar-refractivity contribution is -0.384. The summed E-state index contributed by atoms with van der Waals surface area (Å²) in [5, 5.41) is 11.3. The summed E-state index contributed by atoms with van der Waals surface area (Å²) < 4.78 is 11.1. The van der Waals surface area contributed by atoms with E-state index in [1.807, 2.05) is 24.3 Å². The van der Waals surface area contributed by atoms with Gasteiger partial charge in [-0.25, -0.2) is 9.98 Å². The smallest absolute Gasteiger partial charge is 0.269 e. The third-order valence-electron chi connectivity index (χ3n) is 3.85. The van der Waals surface area contributed by atoms with Crippen molar-refractivity contribution in [3.63, 3.8) is 0 Å². The van der Waals surface area contributed by atoms with Crippen LogP contribution >= 0.6 is 11.8 Å². The number of rotatable bonds is 4. The van der Waals surface area contributed by atoms with Crippen molar-refractivity contribution in [2.45, 2.75) is 11.3 Å². The first-order chi connectivity index (χ1) is 12.7. The second-order valence-electron chi connectivity index (χ2n) is 5.53. The third kappa shape index (κ3) is 3.31. The Bertz CT molecular complexity index is 947. The van der Waals surface area contributed by atoms with Crippen LogP contribution in [0.3, 0.4) is 0 Å². The maximum absolute atomic E-state index is 10.7. The SMILES string of the molecule is O=[N+]([O-])c1ccc(C=NC2=N[C@@H](c3ccco3)[C@@H](c3ccco3)S2)cc1. The normalized spacial score (nSPS) is 19.8. The van der Waals surface area contributed by atoms with Crippen LogP contribution in [-0.2, 0) is 0 Å². The van der Waals surface area contributed by atoms with Crippen molar-refractivity contribution in [1.82, 2.24) is 0 Å². The Morgan fingerprint density at radius 2 is 1.77 bits per heavy atom. The Morgan fingerprint density at radius 1 is 1.08 bits per heavy atom. The number of hydrogen-bond acceptors (Lipinski definition) is 7. The first kappa shape index (κ1) is 16.3. The van der Waals surface area contributed by atoms with E-state index in [1.54, 1.807) is 30.9 Å². The fraction of sp³-hybridized carbons (Fsp3) is 0.111. The van der Waals surface area contributed by atoms with Crippen LogP contribution in [0.1, 0.15) is 28.4 Å². The van der Waals surface area contributed by atoms with E-state index < -0.39 is 4.92 Å². The molecule has 1 aliphatic rings. The molecule has 2 atom stereocenters. The molecule has 26 heavy (non-hydrogen) atoms. The number of nitrogens with zero attached hydrogens (tertiary/aromatic N) is 3. The van der Waals surface area contributed by atoms with E-state index in [-0.39, 0.29) is 17.0 Å². The average Bonchev–Trinajstić information content (AvgIpc) is 3.40. The van der Waals surface area contributed by atoms with E-state index >= 15 is 0 Å². The maximum Gasteiger partial charge on any atom is 0.269 e. The van der Waals surface area contributed by atoms with Gasteiger partial charge in [0.2, 0.25) is 0 Å². The van der Waals surface area contributed by atoms with Gasteiger partial charge in [0.15, 0.2) is 5.17 Å².